The molecule has 0 spiro atoms. The number of sulfonamides is 1. The molecule has 0 unspecified atom stereocenters. The molecular weight excluding hydrogens is 359 g/mol. The van der Waals surface area contributed by atoms with Gasteiger partial charge in [-0.2, -0.15) is 18.3 Å². The summed E-state index contributed by atoms with van der Waals surface area (Å²) in [4.78, 5) is -0.418. The molecule has 1 aliphatic heterocycles. The fourth-order valence-corrected chi connectivity index (χ4v) is 3.68. The summed E-state index contributed by atoms with van der Waals surface area (Å²) in [5.41, 5.74) is 0.952. The van der Waals surface area contributed by atoms with Gasteiger partial charge in [-0.1, -0.05) is 6.07 Å². The van der Waals surface area contributed by atoms with Crippen LogP contribution in [0, 0.1) is 0 Å². The van der Waals surface area contributed by atoms with Gasteiger partial charge in [-0.15, -0.1) is 0 Å². The summed E-state index contributed by atoms with van der Waals surface area (Å²) < 4.78 is 71.9. The molecule has 0 amide bonds. The van der Waals surface area contributed by atoms with Crippen LogP contribution in [-0.4, -0.2) is 31.3 Å². The minimum atomic E-state index is -4.60. The topological polar surface area (TPSA) is 73.2 Å². The first-order valence-corrected chi connectivity index (χ1v) is 9.04. The first-order chi connectivity index (χ1) is 11.8. The Morgan fingerprint density at radius 3 is 2.88 bits per heavy atom. The third-order valence-corrected chi connectivity index (χ3v) is 5.32. The molecule has 1 aromatic carbocycles. The summed E-state index contributed by atoms with van der Waals surface area (Å²) in [5.74, 6) is 0. The number of fused-ring (bicyclic) bond motifs is 1. The van der Waals surface area contributed by atoms with Crippen LogP contribution in [0.25, 0.3) is 0 Å². The van der Waals surface area contributed by atoms with Crippen molar-refractivity contribution >= 4 is 10.0 Å². The average molecular weight is 375 g/mol. The summed E-state index contributed by atoms with van der Waals surface area (Å²) in [6.45, 7) is 1.36. The van der Waals surface area contributed by atoms with Crippen LogP contribution in [0.5, 0.6) is 0 Å². The average Bonchev–Trinajstić information content (AvgIpc) is 2.97. The Balaban J connectivity index is 1.67. The standard InChI is InChI=1S/C15H16F3N3O3S/c16-15(17,18)12-2-1-3-13(8-12)25(22,23)20-5-6-21-14-4-7-24-10-11(14)9-19-21/h1-3,8-9,20H,4-7,10H2. The van der Waals surface area contributed by atoms with Crippen molar-refractivity contribution in [3.63, 3.8) is 0 Å². The number of benzene rings is 1. The number of ether oxygens (including phenoxy) is 1. The van der Waals surface area contributed by atoms with Gasteiger partial charge in [0.25, 0.3) is 0 Å². The minimum absolute atomic E-state index is 0.0214. The Labute approximate surface area is 142 Å². The summed E-state index contributed by atoms with van der Waals surface area (Å²) in [6, 6.07) is 3.65. The van der Waals surface area contributed by atoms with Crippen LogP contribution in [-0.2, 0) is 40.5 Å². The molecule has 2 heterocycles. The second kappa shape index (κ2) is 6.77. The highest BCUT2D eigenvalue weighted by atomic mass is 32.2. The second-order valence-corrected chi connectivity index (χ2v) is 7.33. The molecule has 0 saturated carbocycles. The maximum Gasteiger partial charge on any atom is 0.416 e. The maximum absolute atomic E-state index is 12.7. The monoisotopic (exact) mass is 375 g/mol. The van der Waals surface area contributed by atoms with Gasteiger partial charge in [-0.3, -0.25) is 4.68 Å². The van der Waals surface area contributed by atoms with Crippen molar-refractivity contribution in [2.45, 2.75) is 30.6 Å². The first kappa shape index (κ1) is 17.9. The van der Waals surface area contributed by atoms with E-state index in [1.807, 2.05) is 0 Å². The fraction of sp³-hybridized carbons (Fsp3) is 0.400. The highest BCUT2D eigenvalue weighted by Gasteiger charge is 2.31. The molecule has 1 aromatic heterocycles. The van der Waals surface area contributed by atoms with Crippen molar-refractivity contribution in [1.82, 2.24) is 14.5 Å². The summed E-state index contributed by atoms with van der Waals surface area (Å²) in [7, 11) is -4.03. The lowest BCUT2D eigenvalue weighted by Gasteiger charge is -2.15. The van der Waals surface area contributed by atoms with Crippen molar-refractivity contribution in [1.29, 1.82) is 0 Å². The molecule has 6 nitrogen and oxygen atoms in total. The minimum Gasteiger partial charge on any atom is -0.376 e. The predicted molar refractivity (Wildman–Crippen MR) is 82.2 cm³/mol. The normalized spacial score (nSPS) is 15.2. The van der Waals surface area contributed by atoms with Gasteiger partial charge in [0.1, 0.15) is 0 Å². The van der Waals surface area contributed by atoms with E-state index in [0.29, 0.717) is 25.7 Å². The van der Waals surface area contributed by atoms with Crippen LogP contribution in [0.15, 0.2) is 35.4 Å². The van der Waals surface area contributed by atoms with Gasteiger partial charge < -0.3 is 4.74 Å². The molecule has 0 aliphatic carbocycles. The maximum atomic E-state index is 12.7. The van der Waals surface area contributed by atoms with Crippen molar-refractivity contribution in [2.75, 3.05) is 13.2 Å². The van der Waals surface area contributed by atoms with Crippen LogP contribution in [0.4, 0.5) is 13.2 Å². The first-order valence-electron chi connectivity index (χ1n) is 7.55. The van der Waals surface area contributed by atoms with E-state index in [4.69, 9.17) is 4.74 Å². The second-order valence-electron chi connectivity index (χ2n) is 5.57. The summed E-state index contributed by atoms with van der Waals surface area (Å²) in [6.07, 6.45) is -2.23. The number of alkyl halides is 3. The van der Waals surface area contributed by atoms with Gasteiger partial charge in [0.2, 0.25) is 10.0 Å². The zero-order chi connectivity index (χ0) is 18.1. The van der Waals surface area contributed by atoms with Gasteiger partial charge in [0.05, 0.1) is 36.4 Å². The highest BCUT2D eigenvalue weighted by Crippen LogP contribution is 2.30. The molecule has 0 saturated heterocycles. The number of aromatic nitrogens is 2. The third kappa shape index (κ3) is 4.02. The van der Waals surface area contributed by atoms with Crippen molar-refractivity contribution < 1.29 is 26.3 Å². The van der Waals surface area contributed by atoms with E-state index in [1.165, 1.54) is 0 Å². The molecule has 0 fully saturated rings. The largest absolute Gasteiger partial charge is 0.416 e. The van der Waals surface area contributed by atoms with E-state index >= 15 is 0 Å². The van der Waals surface area contributed by atoms with E-state index in [-0.39, 0.29) is 13.1 Å². The van der Waals surface area contributed by atoms with Crippen LogP contribution in [0.1, 0.15) is 16.8 Å². The number of rotatable bonds is 5. The highest BCUT2D eigenvalue weighted by molar-refractivity contribution is 7.89. The number of hydrogen-bond donors (Lipinski definition) is 1. The van der Waals surface area contributed by atoms with E-state index in [0.717, 1.165) is 29.5 Å². The number of hydrogen-bond acceptors (Lipinski definition) is 4. The van der Waals surface area contributed by atoms with E-state index < -0.39 is 26.7 Å². The molecule has 3 rings (SSSR count). The molecule has 0 radical (unpaired) electrons. The van der Waals surface area contributed by atoms with Gasteiger partial charge >= 0.3 is 6.18 Å². The van der Waals surface area contributed by atoms with Gasteiger partial charge in [-0.05, 0) is 18.2 Å². The lowest BCUT2D eigenvalue weighted by molar-refractivity contribution is -0.137. The van der Waals surface area contributed by atoms with Crippen molar-refractivity contribution in [3.05, 3.63) is 47.3 Å². The summed E-state index contributed by atoms with van der Waals surface area (Å²) in [5, 5.41) is 4.19. The lowest BCUT2D eigenvalue weighted by atomic mass is 10.2. The van der Waals surface area contributed by atoms with E-state index in [9.17, 15) is 21.6 Å². The van der Waals surface area contributed by atoms with Gasteiger partial charge in [0.15, 0.2) is 0 Å². The Hall–Kier alpha value is -1.91. The van der Waals surface area contributed by atoms with Crippen LogP contribution >= 0.6 is 0 Å². The third-order valence-electron chi connectivity index (χ3n) is 3.86. The zero-order valence-corrected chi connectivity index (χ0v) is 13.9. The zero-order valence-electron chi connectivity index (χ0n) is 13.1. The molecular formula is C15H16F3N3O3S. The quantitative estimate of drug-likeness (QED) is 0.867. The molecule has 0 atom stereocenters. The Morgan fingerprint density at radius 1 is 1.32 bits per heavy atom. The molecule has 1 N–H and O–H groups in total. The molecule has 2 aromatic rings. The molecule has 10 heteroatoms. The van der Waals surface area contributed by atoms with E-state index in [1.54, 1.807) is 10.9 Å². The number of halogens is 3. The SMILES string of the molecule is O=S(=O)(NCCn1ncc2c1CCOC2)c1cccc(C(F)(F)F)c1. The smallest absolute Gasteiger partial charge is 0.376 e. The summed E-state index contributed by atoms with van der Waals surface area (Å²) >= 11 is 0. The van der Waals surface area contributed by atoms with Gasteiger partial charge in [-0.25, -0.2) is 13.1 Å². The van der Waals surface area contributed by atoms with Crippen LogP contribution in [0.3, 0.4) is 0 Å². The number of nitrogens with one attached hydrogen (secondary N) is 1. The molecule has 25 heavy (non-hydrogen) atoms. The van der Waals surface area contributed by atoms with Crippen molar-refractivity contribution in [3.8, 4) is 0 Å². The van der Waals surface area contributed by atoms with Crippen LogP contribution in [0.2, 0.25) is 0 Å². The number of nitrogens with zero attached hydrogens (tertiary/aromatic N) is 2. The lowest BCUT2D eigenvalue weighted by Crippen LogP contribution is -2.28. The van der Waals surface area contributed by atoms with Crippen LogP contribution < -0.4 is 4.72 Å². The van der Waals surface area contributed by atoms with Gasteiger partial charge in [0, 0.05) is 24.2 Å². The Morgan fingerprint density at radius 2 is 2.12 bits per heavy atom. The fourth-order valence-electron chi connectivity index (χ4n) is 2.61. The molecule has 0 bridgehead atoms. The van der Waals surface area contributed by atoms with Crippen molar-refractivity contribution in [2.24, 2.45) is 0 Å². The molecule has 1 aliphatic rings. The Kier molecular flexibility index (Phi) is 4.85. The van der Waals surface area contributed by atoms with E-state index in [2.05, 4.69) is 9.82 Å². The molecule has 136 valence electrons. The Bertz CT molecular complexity index is 862. The predicted octanol–water partition coefficient (Wildman–Crippen LogP) is 1.95.